The number of hydrogen-bond acceptors (Lipinski definition) is 5. The highest BCUT2D eigenvalue weighted by atomic mass is 35.5. The van der Waals surface area contributed by atoms with Gasteiger partial charge in [-0.3, -0.25) is 0 Å². The molecule has 0 bridgehead atoms. The van der Waals surface area contributed by atoms with Crippen LogP contribution in [0.4, 0.5) is 0 Å². The first-order valence-electron chi connectivity index (χ1n) is 6.47. The average Bonchev–Trinajstić information content (AvgIpc) is 2.45. The molecule has 1 aromatic rings. The maximum Gasteiger partial charge on any atom is 0.117 e. The summed E-state index contributed by atoms with van der Waals surface area (Å²) in [5, 5.41) is 46.6. The van der Waals surface area contributed by atoms with Crippen molar-refractivity contribution in [1.29, 1.82) is 0 Å². The zero-order valence-corrected chi connectivity index (χ0v) is 12.2. The van der Waals surface area contributed by atoms with Crippen LogP contribution in [0.2, 0.25) is 5.02 Å². The molecule has 2 atom stereocenters. The van der Waals surface area contributed by atoms with Gasteiger partial charge in [0.1, 0.15) is 5.75 Å². The number of phenolic OH excluding ortho intramolecular Hbond substituents is 1. The molecule has 0 fully saturated rings. The molecule has 0 aliphatic carbocycles. The number of aromatic hydroxyl groups is 1. The van der Waals surface area contributed by atoms with Crippen molar-refractivity contribution in [3.05, 3.63) is 46.2 Å². The Morgan fingerprint density at radius 1 is 1.29 bits per heavy atom. The molecule has 0 amide bonds. The lowest BCUT2D eigenvalue weighted by Gasteiger charge is -2.10. The fraction of sp³-hybridized carbons (Fsp3) is 0.400. The van der Waals surface area contributed by atoms with Crippen LogP contribution in [0.25, 0.3) is 0 Å². The molecule has 0 heterocycles. The van der Waals surface area contributed by atoms with Gasteiger partial charge in [-0.25, -0.2) is 0 Å². The number of benzene rings is 1. The van der Waals surface area contributed by atoms with Gasteiger partial charge in [0.15, 0.2) is 0 Å². The summed E-state index contributed by atoms with van der Waals surface area (Å²) in [6.07, 6.45) is 0.0459. The topological polar surface area (TPSA) is 101 Å². The summed E-state index contributed by atoms with van der Waals surface area (Å²) in [4.78, 5) is 0. The van der Waals surface area contributed by atoms with E-state index in [9.17, 15) is 15.3 Å². The molecule has 5 N–H and O–H groups in total. The fourth-order valence-corrected chi connectivity index (χ4v) is 2.05. The van der Waals surface area contributed by atoms with Crippen molar-refractivity contribution in [1.82, 2.24) is 0 Å². The Kier molecular flexibility index (Phi) is 7.47. The van der Waals surface area contributed by atoms with E-state index in [1.54, 1.807) is 0 Å². The zero-order chi connectivity index (χ0) is 15.8. The number of halogens is 1. The summed E-state index contributed by atoms with van der Waals surface area (Å²) in [6, 6.07) is 4.31. The normalized spacial score (nSPS) is 13.4. The maximum absolute atomic E-state index is 10.0. The SMILES string of the molecule is OCC(=C=CC[C@@H](O)c1ccc(O)cc1Cl)C[C@@H](O)CO. The molecule has 0 spiro atoms. The highest BCUT2D eigenvalue weighted by Gasteiger charge is 2.10. The van der Waals surface area contributed by atoms with Crippen molar-refractivity contribution in [2.24, 2.45) is 0 Å². The first-order chi connectivity index (χ1) is 9.97. The minimum absolute atomic E-state index is 0.0203. The third kappa shape index (κ3) is 5.89. The van der Waals surface area contributed by atoms with E-state index in [-0.39, 0.29) is 30.2 Å². The molecule has 116 valence electrons. The molecule has 0 saturated carbocycles. The molecule has 0 radical (unpaired) electrons. The van der Waals surface area contributed by atoms with Crippen LogP contribution in [0.5, 0.6) is 5.75 Å². The lowest BCUT2D eigenvalue weighted by atomic mass is 10.1. The Morgan fingerprint density at radius 3 is 2.57 bits per heavy atom. The third-order valence-electron chi connectivity index (χ3n) is 2.87. The molecule has 6 heteroatoms. The molecular formula is C15H19ClO5. The van der Waals surface area contributed by atoms with Gasteiger partial charge >= 0.3 is 0 Å². The molecule has 1 rings (SSSR count). The van der Waals surface area contributed by atoms with Crippen molar-refractivity contribution in [3.8, 4) is 5.75 Å². The van der Waals surface area contributed by atoms with E-state index in [2.05, 4.69) is 5.73 Å². The lowest BCUT2D eigenvalue weighted by Crippen LogP contribution is -2.13. The maximum atomic E-state index is 10.0. The van der Waals surface area contributed by atoms with E-state index in [0.717, 1.165) is 0 Å². The van der Waals surface area contributed by atoms with E-state index >= 15 is 0 Å². The van der Waals surface area contributed by atoms with Crippen molar-refractivity contribution in [2.75, 3.05) is 13.2 Å². The lowest BCUT2D eigenvalue weighted by molar-refractivity contribution is 0.0930. The largest absolute Gasteiger partial charge is 0.508 e. The second-order valence-corrected chi connectivity index (χ2v) is 5.02. The van der Waals surface area contributed by atoms with Crippen LogP contribution in [-0.4, -0.2) is 44.9 Å². The fourth-order valence-electron chi connectivity index (χ4n) is 1.75. The van der Waals surface area contributed by atoms with Gasteiger partial charge in [0.25, 0.3) is 0 Å². The Labute approximate surface area is 128 Å². The summed E-state index contributed by atoms with van der Waals surface area (Å²) >= 11 is 5.92. The van der Waals surface area contributed by atoms with Gasteiger partial charge in [0.2, 0.25) is 0 Å². The van der Waals surface area contributed by atoms with Gasteiger partial charge in [0.05, 0.1) is 30.4 Å². The van der Waals surface area contributed by atoms with Crippen molar-refractivity contribution in [3.63, 3.8) is 0 Å². The van der Waals surface area contributed by atoms with Crippen LogP contribution in [0.1, 0.15) is 24.5 Å². The third-order valence-corrected chi connectivity index (χ3v) is 3.20. The van der Waals surface area contributed by atoms with Crippen LogP contribution < -0.4 is 0 Å². The Hall–Kier alpha value is -1.33. The van der Waals surface area contributed by atoms with Crippen LogP contribution >= 0.6 is 11.6 Å². The van der Waals surface area contributed by atoms with Crippen LogP contribution in [0, 0.1) is 0 Å². The minimum atomic E-state index is -0.940. The zero-order valence-electron chi connectivity index (χ0n) is 11.4. The van der Waals surface area contributed by atoms with Crippen molar-refractivity contribution in [2.45, 2.75) is 25.0 Å². The highest BCUT2D eigenvalue weighted by Crippen LogP contribution is 2.28. The quantitative estimate of drug-likeness (QED) is 0.488. The number of aliphatic hydroxyl groups excluding tert-OH is 4. The first-order valence-corrected chi connectivity index (χ1v) is 6.84. The molecule has 0 unspecified atom stereocenters. The smallest absolute Gasteiger partial charge is 0.117 e. The van der Waals surface area contributed by atoms with Crippen LogP contribution in [0.15, 0.2) is 35.6 Å². The Morgan fingerprint density at radius 2 is 2.00 bits per heavy atom. The van der Waals surface area contributed by atoms with Gasteiger partial charge in [0, 0.05) is 12.8 Å². The van der Waals surface area contributed by atoms with E-state index in [1.165, 1.54) is 24.3 Å². The van der Waals surface area contributed by atoms with E-state index in [4.69, 9.17) is 21.8 Å². The monoisotopic (exact) mass is 314 g/mol. The number of rotatable bonds is 7. The molecule has 21 heavy (non-hydrogen) atoms. The summed E-state index contributed by atoms with van der Waals surface area (Å²) in [7, 11) is 0. The van der Waals surface area contributed by atoms with E-state index in [1.807, 2.05) is 0 Å². The summed E-state index contributed by atoms with van der Waals surface area (Å²) in [5.41, 5.74) is 3.70. The van der Waals surface area contributed by atoms with Crippen LogP contribution in [0.3, 0.4) is 0 Å². The molecule has 0 aliphatic rings. The molecule has 0 saturated heterocycles. The van der Waals surface area contributed by atoms with Gasteiger partial charge in [-0.05, 0) is 29.3 Å². The average molecular weight is 315 g/mol. The van der Waals surface area contributed by atoms with Gasteiger partial charge < -0.3 is 25.5 Å². The van der Waals surface area contributed by atoms with Gasteiger partial charge in [-0.1, -0.05) is 17.7 Å². The standard InChI is InChI=1S/C15H19ClO5/c16-14-7-11(19)4-5-13(14)15(21)3-1-2-10(8-17)6-12(20)9-18/h1,4-5,7,12,15,17-21H,3,6,8-9H2/t2?,12-,15-/m1/s1. The Balaban J connectivity index is 2.73. The molecule has 0 aromatic heterocycles. The molecule has 0 aliphatic heterocycles. The second-order valence-electron chi connectivity index (χ2n) is 4.61. The Bertz CT molecular complexity index is 523. The summed E-state index contributed by atoms with van der Waals surface area (Å²) in [6.45, 7) is -0.680. The molecule has 5 nitrogen and oxygen atoms in total. The highest BCUT2D eigenvalue weighted by molar-refractivity contribution is 6.31. The minimum Gasteiger partial charge on any atom is -0.508 e. The van der Waals surface area contributed by atoms with Crippen molar-refractivity contribution < 1.29 is 25.5 Å². The predicted octanol–water partition coefficient (Wildman–Crippen LogP) is 1.29. The summed E-state index contributed by atoms with van der Waals surface area (Å²) in [5.74, 6) is 0.0203. The summed E-state index contributed by atoms with van der Waals surface area (Å²) < 4.78 is 0. The number of phenols is 1. The molecule has 1 aromatic carbocycles. The van der Waals surface area contributed by atoms with E-state index in [0.29, 0.717) is 11.1 Å². The number of aliphatic hydroxyl groups is 4. The van der Waals surface area contributed by atoms with Gasteiger partial charge in [-0.15, -0.1) is 5.73 Å². The van der Waals surface area contributed by atoms with Gasteiger partial charge in [-0.2, -0.15) is 0 Å². The van der Waals surface area contributed by atoms with Crippen LogP contribution in [-0.2, 0) is 0 Å². The van der Waals surface area contributed by atoms with E-state index < -0.39 is 18.8 Å². The van der Waals surface area contributed by atoms with Crippen molar-refractivity contribution >= 4 is 11.6 Å². The second kappa shape index (κ2) is 8.85. The first kappa shape index (κ1) is 17.7. The predicted molar refractivity (Wildman–Crippen MR) is 79.1 cm³/mol. The molecular weight excluding hydrogens is 296 g/mol. The number of hydrogen-bond donors (Lipinski definition) is 5.